The number of carbonyl (C=O) groups excluding carboxylic acids is 2. The van der Waals surface area contributed by atoms with Gasteiger partial charge in [-0.1, -0.05) is 23.7 Å². The number of aromatic amines is 1. The minimum Gasteiger partial charge on any atom is -0.464 e. The van der Waals surface area contributed by atoms with Crippen LogP contribution in [0.4, 0.5) is 0 Å². The molecule has 1 atom stereocenters. The molecule has 6 heteroatoms. The number of carbonyl (C=O) groups is 2. The summed E-state index contributed by atoms with van der Waals surface area (Å²) in [4.78, 5) is 26.9. The van der Waals surface area contributed by atoms with Gasteiger partial charge >= 0.3 is 5.97 Å². The maximum absolute atomic E-state index is 12.1. The third-order valence-electron chi connectivity index (χ3n) is 2.84. The Labute approximate surface area is 127 Å². The summed E-state index contributed by atoms with van der Waals surface area (Å²) in [7, 11) is 0. The van der Waals surface area contributed by atoms with Crippen LogP contribution in [-0.2, 0) is 9.53 Å². The second kappa shape index (κ2) is 6.95. The fourth-order valence-corrected chi connectivity index (χ4v) is 1.97. The molecule has 0 aliphatic heterocycles. The maximum Gasteiger partial charge on any atom is 0.333 e. The van der Waals surface area contributed by atoms with Gasteiger partial charge in [-0.15, -0.1) is 0 Å². The van der Waals surface area contributed by atoms with Gasteiger partial charge in [0.05, 0.1) is 6.61 Å². The van der Waals surface area contributed by atoms with Crippen LogP contribution in [0.2, 0.25) is 5.02 Å². The number of hydrogen-bond donors (Lipinski definition) is 2. The molecule has 0 unspecified atom stereocenters. The molecule has 0 aliphatic rings. The van der Waals surface area contributed by atoms with Gasteiger partial charge in [0.25, 0.3) is 5.91 Å². The normalized spacial score (nSPS) is 11.7. The molecule has 1 aromatic heterocycles. The summed E-state index contributed by atoms with van der Waals surface area (Å²) in [5.74, 6) is -0.896. The van der Waals surface area contributed by atoms with Gasteiger partial charge in [-0.25, -0.2) is 4.79 Å². The van der Waals surface area contributed by atoms with Crippen molar-refractivity contribution in [2.24, 2.45) is 0 Å². The maximum atomic E-state index is 12.1. The average Bonchev–Trinajstić information content (AvgIpc) is 3.00. The van der Waals surface area contributed by atoms with Crippen molar-refractivity contribution in [2.45, 2.75) is 13.0 Å². The average molecular weight is 307 g/mol. The highest BCUT2D eigenvalue weighted by atomic mass is 35.5. The van der Waals surface area contributed by atoms with Crippen molar-refractivity contribution < 1.29 is 14.3 Å². The molecule has 110 valence electrons. The van der Waals surface area contributed by atoms with Gasteiger partial charge in [-0.2, -0.15) is 0 Å². The molecule has 0 bridgehead atoms. The lowest BCUT2D eigenvalue weighted by molar-refractivity contribution is -0.145. The second-order valence-electron chi connectivity index (χ2n) is 4.29. The van der Waals surface area contributed by atoms with Crippen molar-refractivity contribution in [1.29, 1.82) is 0 Å². The Morgan fingerprint density at radius 2 is 2.00 bits per heavy atom. The smallest absolute Gasteiger partial charge is 0.333 e. The van der Waals surface area contributed by atoms with E-state index in [1.54, 1.807) is 49.5 Å². The van der Waals surface area contributed by atoms with Crippen LogP contribution in [0, 0.1) is 0 Å². The molecule has 2 aromatic rings. The first-order valence-corrected chi connectivity index (χ1v) is 6.86. The number of ether oxygens (including phenoxy) is 1. The Kier molecular flexibility index (Phi) is 5.00. The van der Waals surface area contributed by atoms with Gasteiger partial charge in [0.2, 0.25) is 0 Å². The molecular formula is C15H15ClN2O3. The summed E-state index contributed by atoms with van der Waals surface area (Å²) in [5, 5.41) is 3.20. The first kappa shape index (κ1) is 15.1. The van der Waals surface area contributed by atoms with E-state index >= 15 is 0 Å². The number of hydrogen-bond acceptors (Lipinski definition) is 3. The third kappa shape index (κ3) is 3.86. The number of H-pyrrole nitrogens is 1. The SMILES string of the molecule is CCOC(=O)[C@@H](NC(=O)c1ccc[nH]1)c1ccc(Cl)cc1. The minimum absolute atomic E-state index is 0.237. The highest BCUT2D eigenvalue weighted by Crippen LogP contribution is 2.18. The van der Waals surface area contributed by atoms with E-state index in [0.29, 0.717) is 16.3 Å². The minimum atomic E-state index is -0.877. The molecule has 21 heavy (non-hydrogen) atoms. The van der Waals surface area contributed by atoms with E-state index in [4.69, 9.17) is 16.3 Å². The summed E-state index contributed by atoms with van der Waals surface area (Å²) >= 11 is 5.84. The molecule has 5 nitrogen and oxygen atoms in total. The van der Waals surface area contributed by atoms with Crippen LogP contribution in [0.1, 0.15) is 29.0 Å². The van der Waals surface area contributed by atoms with Gasteiger partial charge in [-0.05, 0) is 36.8 Å². The van der Waals surface area contributed by atoms with Crippen LogP contribution in [-0.4, -0.2) is 23.5 Å². The largest absolute Gasteiger partial charge is 0.464 e. The standard InChI is InChI=1S/C15H15ClN2O3/c1-2-21-15(20)13(10-5-7-11(16)8-6-10)18-14(19)12-4-3-9-17-12/h3-9,13,17H,2H2,1H3,(H,18,19)/t13-/m0/s1. The molecule has 0 radical (unpaired) electrons. The van der Waals surface area contributed by atoms with Gasteiger partial charge in [0.15, 0.2) is 6.04 Å². The predicted molar refractivity (Wildman–Crippen MR) is 79.1 cm³/mol. The van der Waals surface area contributed by atoms with E-state index in [0.717, 1.165) is 0 Å². The van der Waals surface area contributed by atoms with Crippen LogP contribution >= 0.6 is 11.6 Å². The first-order valence-electron chi connectivity index (χ1n) is 6.48. The number of amides is 1. The van der Waals surface area contributed by atoms with Crippen LogP contribution in [0.15, 0.2) is 42.6 Å². The zero-order chi connectivity index (χ0) is 15.2. The van der Waals surface area contributed by atoms with E-state index in [9.17, 15) is 9.59 Å². The molecule has 0 spiro atoms. The predicted octanol–water partition coefficient (Wildman–Crippen LogP) is 2.70. The molecule has 2 N–H and O–H groups in total. The molecule has 0 aliphatic carbocycles. The Morgan fingerprint density at radius 1 is 1.29 bits per heavy atom. The summed E-state index contributed by atoms with van der Waals surface area (Å²) in [6.45, 7) is 1.95. The van der Waals surface area contributed by atoms with Crippen LogP contribution in [0.3, 0.4) is 0 Å². The molecule has 0 saturated heterocycles. The number of nitrogens with one attached hydrogen (secondary N) is 2. The molecular weight excluding hydrogens is 292 g/mol. The number of halogens is 1. The van der Waals surface area contributed by atoms with Crippen molar-refractivity contribution in [3.05, 3.63) is 58.9 Å². The summed E-state index contributed by atoms with van der Waals surface area (Å²) < 4.78 is 5.01. The highest BCUT2D eigenvalue weighted by molar-refractivity contribution is 6.30. The fraction of sp³-hybridized carbons (Fsp3) is 0.200. The van der Waals surface area contributed by atoms with Crippen LogP contribution in [0.25, 0.3) is 0 Å². The monoisotopic (exact) mass is 306 g/mol. The number of benzene rings is 1. The van der Waals surface area contributed by atoms with Crippen molar-refractivity contribution >= 4 is 23.5 Å². The van der Waals surface area contributed by atoms with Gasteiger partial charge in [-0.3, -0.25) is 4.79 Å². The molecule has 1 aromatic carbocycles. The Balaban J connectivity index is 2.22. The third-order valence-corrected chi connectivity index (χ3v) is 3.10. The van der Waals surface area contributed by atoms with E-state index in [2.05, 4.69) is 10.3 Å². The van der Waals surface area contributed by atoms with Crippen molar-refractivity contribution in [1.82, 2.24) is 10.3 Å². The lowest BCUT2D eigenvalue weighted by atomic mass is 10.1. The van der Waals surface area contributed by atoms with Gasteiger partial charge < -0.3 is 15.0 Å². The van der Waals surface area contributed by atoms with Crippen molar-refractivity contribution in [3.63, 3.8) is 0 Å². The van der Waals surface area contributed by atoms with E-state index < -0.39 is 12.0 Å². The second-order valence-corrected chi connectivity index (χ2v) is 4.73. The Hall–Kier alpha value is -2.27. The lowest BCUT2D eigenvalue weighted by Gasteiger charge is -2.17. The number of aromatic nitrogens is 1. The van der Waals surface area contributed by atoms with Gasteiger partial charge in [0.1, 0.15) is 5.69 Å². The summed E-state index contributed by atoms with van der Waals surface area (Å²) in [6, 6.07) is 9.12. The topological polar surface area (TPSA) is 71.2 Å². The Bertz CT molecular complexity index is 608. The quantitative estimate of drug-likeness (QED) is 0.834. The molecule has 2 rings (SSSR count). The molecule has 1 amide bonds. The molecule has 0 saturated carbocycles. The summed E-state index contributed by atoms with van der Waals surface area (Å²) in [5.41, 5.74) is 0.982. The lowest BCUT2D eigenvalue weighted by Crippen LogP contribution is -2.35. The van der Waals surface area contributed by atoms with Crippen molar-refractivity contribution in [3.8, 4) is 0 Å². The molecule has 1 heterocycles. The highest BCUT2D eigenvalue weighted by Gasteiger charge is 2.24. The summed E-state index contributed by atoms with van der Waals surface area (Å²) in [6.07, 6.45) is 1.64. The van der Waals surface area contributed by atoms with Gasteiger partial charge in [0, 0.05) is 11.2 Å². The zero-order valence-corrected chi connectivity index (χ0v) is 12.2. The van der Waals surface area contributed by atoms with E-state index in [-0.39, 0.29) is 12.5 Å². The van der Waals surface area contributed by atoms with E-state index in [1.165, 1.54) is 0 Å². The van der Waals surface area contributed by atoms with Crippen LogP contribution in [0.5, 0.6) is 0 Å². The fourth-order valence-electron chi connectivity index (χ4n) is 1.84. The first-order chi connectivity index (χ1) is 10.1. The Morgan fingerprint density at radius 3 is 2.57 bits per heavy atom. The van der Waals surface area contributed by atoms with Crippen LogP contribution < -0.4 is 5.32 Å². The van der Waals surface area contributed by atoms with E-state index in [1.807, 2.05) is 0 Å². The number of esters is 1. The zero-order valence-electron chi connectivity index (χ0n) is 11.4. The molecule has 0 fully saturated rings. The van der Waals surface area contributed by atoms with Crippen molar-refractivity contribution in [2.75, 3.05) is 6.61 Å². The number of rotatable bonds is 5.